The van der Waals surface area contributed by atoms with E-state index in [0.29, 0.717) is 16.6 Å². The summed E-state index contributed by atoms with van der Waals surface area (Å²) in [5, 5.41) is 3.22. The number of likely N-dealkylation sites (N-methyl/N-ethyl adjacent to an activating group) is 1. The van der Waals surface area contributed by atoms with Crippen molar-refractivity contribution < 1.29 is 9.59 Å². The van der Waals surface area contributed by atoms with E-state index >= 15 is 0 Å². The predicted octanol–water partition coefficient (Wildman–Crippen LogP) is 4.61. The quantitative estimate of drug-likeness (QED) is 0.546. The number of hydrogen-bond donors (Lipinski definition) is 1. The monoisotopic (exact) mass is 471 g/mol. The largest absolute Gasteiger partial charge is 0.329 e. The second-order valence-corrected chi connectivity index (χ2v) is 8.12. The molecule has 3 rings (SSSR count). The molecule has 32 heavy (non-hydrogen) atoms. The van der Waals surface area contributed by atoms with Crippen molar-refractivity contribution in [3.05, 3.63) is 97.9 Å². The SMILES string of the molecule is CCN(CC(=O)Nc1c(Cl)cccc1Cl)C(=O)c1cccn(Cc2cccc(C)c2)c1=O. The number of pyridine rings is 1. The molecule has 1 N–H and O–H groups in total. The molecule has 3 aromatic rings. The molecule has 8 heteroatoms. The van der Waals surface area contributed by atoms with E-state index in [4.69, 9.17) is 23.2 Å². The van der Waals surface area contributed by atoms with Crippen molar-refractivity contribution in [2.75, 3.05) is 18.4 Å². The Morgan fingerprint density at radius 1 is 1.03 bits per heavy atom. The zero-order chi connectivity index (χ0) is 23.3. The molecule has 0 unspecified atom stereocenters. The summed E-state index contributed by atoms with van der Waals surface area (Å²) < 4.78 is 1.49. The van der Waals surface area contributed by atoms with Crippen LogP contribution in [-0.4, -0.2) is 34.4 Å². The van der Waals surface area contributed by atoms with Crippen LogP contribution >= 0.6 is 23.2 Å². The van der Waals surface area contributed by atoms with Gasteiger partial charge >= 0.3 is 0 Å². The lowest BCUT2D eigenvalue weighted by molar-refractivity contribution is -0.116. The Morgan fingerprint density at radius 2 is 1.72 bits per heavy atom. The topological polar surface area (TPSA) is 71.4 Å². The fourth-order valence-corrected chi connectivity index (χ4v) is 3.79. The molecule has 166 valence electrons. The van der Waals surface area contributed by atoms with Gasteiger partial charge in [0, 0.05) is 12.7 Å². The Bertz CT molecular complexity index is 1190. The number of anilines is 1. The summed E-state index contributed by atoms with van der Waals surface area (Å²) in [6, 6.07) is 15.8. The molecule has 6 nitrogen and oxygen atoms in total. The number of benzene rings is 2. The van der Waals surface area contributed by atoms with E-state index in [1.807, 2.05) is 31.2 Å². The minimum atomic E-state index is -0.517. The van der Waals surface area contributed by atoms with Gasteiger partial charge in [-0.05, 0) is 43.7 Å². The molecular formula is C24H23Cl2N3O3. The fourth-order valence-electron chi connectivity index (χ4n) is 3.30. The summed E-state index contributed by atoms with van der Waals surface area (Å²) in [4.78, 5) is 39.9. The molecule has 0 spiro atoms. The predicted molar refractivity (Wildman–Crippen MR) is 128 cm³/mol. The number of aromatic nitrogens is 1. The highest BCUT2D eigenvalue weighted by Crippen LogP contribution is 2.29. The van der Waals surface area contributed by atoms with Crippen LogP contribution < -0.4 is 10.9 Å². The van der Waals surface area contributed by atoms with E-state index in [9.17, 15) is 14.4 Å². The average Bonchev–Trinajstić information content (AvgIpc) is 2.76. The third-order valence-corrected chi connectivity index (χ3v) is 5.55. The van der Waals surface area contributed by atoms with Gasteiger partial charge in [0.2, 0.25) is 5.91 Å². The molecule has 0 atom stereocenters. The molecule has 0 aliphatic rings. The zero-order valence-electron chi connectivity index (χ0n) is 17.8. The first-order valence-electron chi connectivity index (χ1n) is 10.1. The lowest BCUT2D eigenvalue weighted by Crippen LogP contribution is -2.41. The van der Waals surface area contributed by atoms with Crippen molar-refractivity contribution in [1.82, 2.24) is 9.47 Å². The average molecular weight is 472 g/mol. The third kappa shape index (κ3) is 5.58. The van der Waals surface area contributed by atoms with Crippen LogP contribution in [0.25, 0.3) is 0 Å². The highest BCUT2D eigenvalue weighted by molar-refractivity contribution is 6.39. The number of rotatable bonds is 7. The number of carbonyl (C=O) groups excluding carboxylic acids is 2. The van der Waals surface area contributed by atoms with Crippen LogP contribution in [0.3, 0.4) is 0 Å². The molecule has 2 aromatic carbocycles. The van der Waals surface area contributed by atoms with Crippen molar-refractivity contribution in [1.29, 1.82) is 0 Å². The number of hydrogen-bond acceptors (Lipinski definition) is 3. The van der Waals surface area contributed by atoms with E-state index in [1.165, 1.54) is 15.5 Å². The van der Waals surface area contributed by atoms with Crippen LogP contribution in [0.5, 0.6) is 0 Å². The van der Waals surface area contributed by atoms with Crippen molar-refractivity contribution in [3.8, 4) is 0 Å². The highest BCUT2D eigenvalue weighted by atomic mass is 35.5. The van der Waals surface area contributed by atoms with E-state index < -0.39 is 17.4 Å². The summed E-state index contributed by atoms with van der Waals surface area (Å²) in [7, 11) is 0. The van der Waals surface area contributed by atoms with Gasteiger partial charge < -0.3 is 14.8 Å². The first kappa shape index (κ1) is 23.6. The van der Waals surface area contributed by atoms with Gasteiger partial charge in [0.05, 0.1) is 22.3 Å². The van der Waals surface area contributed by atoms with Gasteiger partial charge in [-0.25, -0.2) is 0 Å². The number of nitrogens with one attached hydrogen (secondary N) is 1. The first-order chi connectivity index (χ1) is 15.3. The molecule has 0 fully saturated rings. The molecule has 1 heterocycles. The van der Waals surface area contributed by atoms with Crippen LogP contribution in [0.4, 0.5) is 5.69 Å². The maximum absolute atomic E-state index is 13.1. The summed E-state index contributed by atoms with van der Waals surface area (Å²) in [6.45, 7) is 4.06. The van der Waals surface area contributed by atoms with Gasteiger partial charge in [-0.15, -0.1) is 0 Å². The van der Waals surface area contributed by atoms with Crippen molar-refractivity contribution >= 4 is 40.7 Å². The minimum Gasteiger partial charge on any atom is -0.329 e. The van der Waals surface area contributed by atoms with Gasteiger partial charge in [0.25, 0.3) is 11.5 Å². The van der Waals surface area contributed by atoms with E-state index in [1.54, 1.807) is 37.4 Å². The molecule has 2 amide bonds. The lowest BCUT2D eigenvalue weighted by Gasteiger charge is -2.21. The minimum absolute atomic E-state index is 0.00517. The zero-order valence-corrected chi connectivity index (χ0v) is 19.3. The maximum Gasteiger partial charge on any atom is 0.263 e. The summed E-state index contributed by atoms with van der Waals surface area (Å²) >= 11 is 12.2. The summed E-state index contributed by atoms with van der Waals surface area (Å²) in [6.07, 6.45) is 1.64. The van der Waals surface area contributed by atoms with E-state index in [-0.39, 0.29) is 24.3 Å². The highest BCUT2D eigenvalue weighted by Gasteiger charge is 2.21. The van der Waals surface area contributed by atoms with Crippen LogP contribution in [0.15, 0.2) is 65.6 Å². The number of para-hydroxylation sites is 1. The normalized spacial score (nSPS) is 10.6. The Balaban J connectivity index is 1.77. The van der Waals surface area contributed by atoms with Gasteiger partial charge in [-0.3, -0.25) is 14.4 Å². The van der Waals surface area contributed by atoms with Crippen molar-refractivity contribution in [2.24, 2.45) is 0 Å². The Kier molecular flexibility index (Phi) is 7.72. The number of halogens is 2. The maximum atomic E-state index is 13.1. The van der Waals surface area contributed by atoms with Crippen molar-refractivity contribution in [2.45, 2.75) is 20.4 Å². The smallest absolute Gasteiger partial charge is 0.263 e. The first-order valence-corrected chi connectivity index (χ1v) is 10.8. The summed E-state index contributed by atoms with van der Waals surface area (Å²) in [5.74, 6) is -0.984. The molecule has 0 saturated carbocycles. The Morgan fingerprint density at radius 3 is 2.38 bits per heavy atom. The Hall–Kier alpha value is -3.09. The van der Waals surface area contributed by atoms with Crippen LogP contribution in [0, 0.1) is 6.92 Å². The fraction of sp³-hybridized carbons (Fsp3) is 0.208. The van der Waals surface area contributed by atoms with Gasteiger partial charge in [-0.2, -0.15) is 0 Å². The number of amides is 2. The number of nitrogens with zero attached hydrogens (tertiary/aromatic N) is 2. The third-order valence-electron chi connectivity index (χ3n) is 4.92. The summed E-state index contributed by atoms with van der Waals surface area (Å²) in [5.41, 5.74) is 1.92. The molecule has 0 radical (unpaired) electrons. The van der Waals surface area contributed by atoms with E-state index in [2.05, 4.69) is 5.32 Å². The van der Waals surface area contributed by atoms with Crippen molar-refractivity contribution in [3.63, 3.8) is 0 Å². The lowest BCUT2D eigenvalue weighted by atomic mass is 10.1. The molecule has 0 bridgehead atoms. The molecule has 0 saturated heterocycles. The number of aryl methyl sites for hydroxylation is 1. The van der Waals surface area contributed by atoms with Crippen LogP contribution in [0.2, 0.25) is 10.0 Å². The second-order valence-electron chi connectivity index (χ2n) is 7.31. The second kappa shape index (κ2) is 10.5. The standard InChI is InChI=1S/C24H23Cl2N3O3/c1-3-28(15-21(30)27-22-19(25)10-5-11-20(22)26)23(31)18-9-6-12-29(24(18)32)14-17-8-4-7-16(2)13-17/h4-13H,3,14-15H2,1-2H3,(H,27,30). The van der Waals surface area contributed by atoms with Gasteiger partial charge in [0.15, 0.2) is 0 Å². The Labute approximate surface area is 196 Å². The van der Waals surface area contributed by atoms with Gasteiger partial charge in [-0.1, -0.05) is 59.1 Å². The van der Waals surface area contributed by atoms with E-state index in [0.717, 1.165) is 11.1 Å². The molecular weight excluding hydrogens is 449 g/mol. The molecule has 1 aromatic heterocycles. The number of carbonyl (C=O) groups is 2. The molecule has 0 aliphatic carbocycles. The van der Waals surface area contributed by atoms with Gasteiger partial charge in [0.1, 0.15) is 12.1 Å². The van der Waals surface area contributed by atoms with Crippen LogP contribution in [0.1, 0.15) is 28.4 Å². The van der Waals surface area contributed by atoms with Crippen LogP contribution in [-0.2, 0) is 11.3 Å². The molecule has 0 aliphatic heterocycles.